The minimum Gasteiger partial charge on any atom is -0.348 e. The highest BCUT2D eigenvalue weighted by atomic mass is 17.2. The van der Waals surface area contributed by atoms with Gasteiger partial charge < -0.3 is 4.74 Å². The van der Waals surface area contributed by atoms with Crippen LogP contribution in [0.5, 0.6) is 0 Å². The maximum Gasteiger partial charge on any atom is 0.195 e. The summed E-state index contributed by atoms with van der Waals surface area (Å²) in [4.78, 5) is 11.2. The van der Waals surface area contributed by atoms with Gasteiger partial charge in [-0.2, -0.15) is 0 Å². The van der Waals surface area contributed by atoms with E-state index < -0.39 is 5.79 Å². The lowest BCUT2D eigenvalue weighted by atomic mass is 9.76. The van der Waals surface area contributed by atoms with Crippen LogP contribution in [0.2, 0.25) is 0 Å². The molecule has 3 heteroatoms. The lowest BCUT2D eigenvalue weighted by Crippen LogP contribution is -2.39. The molecule has 1 unspecified atom stereocenters. The van der Waals surface area contributed by atoms with Gasteiger partial charge in [0.25, 0.3) is 0 Å². The quantitative estimate of drug-likeness (QED) is 0.643. The maximum atomic E-state index is 5.72. The van der Waals surface area contributed by atoms with Crippen molar-refractivity contribution in [2.75, 3.05) is 6.61 Å². The lowest BCUT2D eigenvalue weighted by Gasteiger charge is -2.37. The molecule has 2 rings (SSSR count). The van der Waals surface area contributed by atoms with Gasteiger partial charge in [-0.3, -0.25) is 0 Å². The first-order chi connectivity index (χ1) is 7.52. The normalized spacial score (nSPS) is 36.9. The Morgan fingerprint density at radius 3 is 2.31 bits per heavy atom. The zero-order chi connectivity index (χ0) is 11.6. The van der Waals surface area contributed by atoms with Crippen molar-refractivity contribution in [1.82, 2.24) is 0 Å². The summed E-state index contributed by atoms with van der Waals surface area (Å²) in [6.45, 7) is 6.70. The molecule has 94 valence electrons. The molecule has 3 nitrogen and oxygen atoms in total. The standard InChI is InChI=1S/C13H24O3/c1-12(2)14-10-9-13(3,16-15-12)11-7-5-4-6-8-11/h11H,4-10H2,1-3H3. The van der Waals surface area contributed by atoms with Crippen LogP contribution in [-0.2, 0) is 14.5 Å². The topological polar surface area (TPSA) is 27.7 Å². The van der Waals surface area contributed by atoms with E-state index in [0.717, 1.165) is 13.0 Å². The van der Waals surface area contributed by atoms with E-state index in [-0.39, 0.29) is 5.60 Å². The van der Waals surface area contributed by atoms with Gasteiger partial charge in [0.15, 0.2) is 5.79 Å². The van der Waals surface area contributed by atoms with E-state index in [1.165, 1.54) is 32.1 Å². The second-order valence-corrected chi connectivity index (χ2v) is 5.81. The molecule has 1 aliphatic heterocycles. The van der Waals surface area contributed by atoms with Crippen LogP contribution in [0.3, 0.4) is 0 Å². The fraction of sp³-hybridized carbons (Fsp3) is 1.00. The van der Waals surface area contributed by atoms with Gasteiger partial charge in [-0.15, -0.1) is 0 Å². The van der Waals surface area contributed by atoms with Gasteiger partial charge in [0.1, 0.15) is 5.60 Å². The first-order valence-electron chi connectivity index (χ1n) is 6.53. The summed E-state index contributed by atoms with van der Waals surface area (Å²) >= 11 is 0. The van der Waals surface area contributed by atoms with Gasteiger partial charge in [-0.25, -0.2) is 9.78 Å². The lowest BCUT2D eigenvalue weighted by molar-refractivity contribution is -0.444. The molecule has 2 fully saturated rings. The molecule has 0 aromatic carbocycles. The Hall–Kier alpha value is -0.120. The molecule has 0 aromatic heterocycles. The van der Waals surface area contributed by atoms with Crippen LogP contribution >= 0.6 is 0 Å². The predicted octanol–water partition coefficient (Wildman–Crippen LogP) is 3.43. The van der Waals surface area contributed by atoms with Crippen molar-refractivity contribution in [1.29, 1.82) is 0 Å². The first kappa shape index (κ1) is 12.3. The van der Waals surface area contributed by atoms with Gasteiger partial charge in [0.2, 0.25) is 0 Å². The summed E-state index contributed by atoms with van der Waals surface area (Å²) in [5.74, 6) is 0.0191. The molecule has 0 N–H and O–H groups in total. The Balaban J connectivity index is 2.00. The fourth-order valence-corrected chi connectivity index (χ4v) is 2.75. The van der Waals surface area contributed by atoms with Crippen molar-refractivity contribution in [3.05, 3.63) is 0 Å². The van der Waals surface area contributed by atoms with Crippen molar-refractivity contribution < 1.29 is 14.5 Å². The summed E-state index contributed by atoms with van der Waals surface area (Å²) in [6.07, 6.45) is 7.48. The molecule has 0 bridgehead atoms. The molecule has 16 heavy (non-hydrogen) atoms. The average Bonchev–Trinajstić information content (AvgIpc) is 2.41. The molecule has 0 spiro atoms. The molecule has 1 heterocycles. The highest BCUT2D eigenvalue weighted by Gasteiger charge is 2.41. The summed E-state index contributed by atoms with van der Waals surface area (Å²) in [6, 6.07) is 0. The minimum atomic E-state index is -0.605. The molecule has 1 atom stereocenters. The van der Waals surface area contributed by atoms with E-state index in [1.807, 2.05) is 13.8 Å². The molecule has 1 saturated heterocycles. The molecule has 2 aliphatic rings. The third kappa shape index (κ3) is 2.76. The van der Waals surface area contributed by atoms with E-state index >= 15 is 0 Å². The van der Waals surface area contributed by atoms with E-state index in [1.54, 1.807) is 0 Å². The SMILES string of the molecule is CC1(C)OCCC(C)(C2CCCCC2)OO1. The minimum absolute atomic E-state index is 0.159. The van der Waals surface area contributed by atoms with Crippen molar-refractivity contribution in [2.24, 2.45) is 5.92 Å². The van der Waals surface area contributed by atoms with Crippen molar-refractivity contribution in [3.63, 3.8) is 0 Å². The number of ether oxygens (including phenoxy) is 1. The molecule has 0 amide bonds. The molecule has 1 saturated carbocycles. The zero-order valence-electron chi connectivity index (χ0n) is 10.8. The van der Waals surface area contributed by atoms with Crippen molar-refractivity contribution in [2.45, 2.75) is 70.7 Å². The van der Waals surface area contributed by atoms with Crippen LogP contribution in [0.25, 0.3) is 0 Å². The van der Waals surface area contributed by atoms with E-state index in [9.17, 15) is 0 Å². The molecular formula is C13H24O3. The van der Waals surface area contributed by atoms with Crippen molar-refractivity contribution >= 4 is 0 Å². The first-order valence-corrected chi connectivity index (χ1v) is 6.53. The van der Waals surface area contributed by atoms with Crippen LogP contribution in [-0.4, -0.2) is 18.0 Å². The smallest absolute Gasteiger partial charge is 0.195 e. The van der Waals surface area contributed by atoms with Crippen molar-refractivity contribution in [3.8, 4) is 0 Å². The van der Waals surface area contributed by atoms with Crippen LogP contribution in [0.1, 0.15) is 59.3 Å². The van der Waals surface area contributed by atoms with Gasteiger partial charge in [-0.05, 0) is 39.5 Å². The Morgan fingerprint density at radius 2 is 1.62 bits per heavy atom. The molecule has 1 aliphatic carbocycles. The van der Waals surface area contributed by atoms with Crippen LogP contribution < -0.4 is 0 Å². The third-order valence-corrected chi connectivity index (χ3v) is 3.95. The van der Waals surface area contributed by atoms with Gasteiger partial charge >= 0.3 is 0 Å². The molecule has 0 radical (unpaired) electrons. The van der Waals surface area contributed by atoms with E-state index in [4.69, 9.17) is 14.5 Å². The Kier molecular flexibility index (Phi) is 3.57. The highest BCUT2D eigenvalue weighted by molar-refractivity contribution is 4.86. The van der Waals surface area contributed by atoms with Crippen LogP contribution in [0.4, 0.5) is 0 Å². The zero-order valence-corrected chi connectivity index (χ0v) is 10.8. The van der Waals surface area contributed by atoms with Crippen LogP contribution in [0, 0.1) is 5.92 Å². The van der Waals surface area contributed by atoms with Crippen LogP contribution in [0.15, 0.2) is 0 Å². The summed E-state index contributed by atoms with van der Waals surface area (Å²) in [5, 5.41) is 0. The monoisotopic (exact) mass is 228 g/mol. The number of rotatable bonds is 1. The van der Waals surface area contributed by atoms with Gasteiger partial charge in [-0.1, -0.05) is 19.3 Å². The molecule has 0 aromatic rings. The van der Waals surface area contributed by atoms with Gasteiger partial charge in [0.05, 0.1) is 6.61 Å². The largest absolute Gasteiger partial charge is 0.348 e. The summed E-state index contributed by atoms with van der Waals surface area (Å²) in [5.41, 5.74) is -0.159. The molecular weight excluding hydrogens is 204 g/mol. The Labute approximate surface area is 98.4 Å². The van der Waals surface area contributed by atoms with E-state index in [2.05, 4.69) is 6.92 Å². The summed E-state index contributed by atoms with van der Waals surface area (Å²) < 4.78 is 5.63. The Bertz CT molecular complexity index is 233. The average molecular weight is 228 g/mol. The predicted molar refractivity (Wildman–Crippen MR) is 61.8 cm³/mol. The number of hydrogen-bond acceptors (Lipinski definition) is 3. The Morgan fingerprint density at radius 1 is 0.938 bits per heavy atom. The highest BCUT2D eigenvalue weighted by Crippen LogP contribution is 2.39. The second kappa shape index (κ2) is 4.63. The van der Waals surface area contributed by atoms with Gasteiger partial charge in [0, 0.05) is 6.42 Å². The third-order valence-electron chi connectivity index (χ3n) is 3.95. The fourth-order valence-electron chi connectivity index (χ4n) is 2.75. The maximum absolute atomic E-state index is 5.72. The second-order valence-electron chi connectivity index (χ2n) is 5.81. The summed E-state index contributed by atoms with van der Waals surface area (Å²) in [7, 11) is 0. The number of hydrogen-bond donors (Lipinski definition) is 0. The van der Waals surface area contributed by atoms with E-state index in [0.29, 0.717) is 5.92 Å².